The fourth-order valence-corrected chi connectivity index (χ4v) is 0. The third-order valence-corrected chi connectivity index (χ3v) is 2.44. The minimum absolute atomic E-state index is 0. The van der Waals surface area contributed by atoms with Gasteiger partial charge in [0, 0.05) is 6.92 Å². The average molecular weight is 622 g/mol. The molecule has 21 heteroatoms. The second kappa shape index (κ2) is 15.0. The molecule has 0 N–H and O–H groups in total. The number of alkyl halides is 18. The number of hydrogen-bond acceptors (Lipinski definition) is 0. The van der Waals surface area contributed by atoms with E-state index in [9.17, 15) is 70.2 Å². The van der Waals surface area contributed by atoms with Gasteiger partial charge in [-0.05, 0) is 13.8 Å². The summed E-state index contributed by atoms with van der Waals surface area (Å²) in [7, 11) is 0. The summed E-state index contributed by atoms with van der Waals surface area (Å²) in [6, 6.07) is 0. The molecule has 33 heavy (non-hydrogen) atoms. The lowest BCUT2D eigenvalue weighted by Gasteiger charge is -2.16. The largest absolute Gasteiger partial charge is 0.452 e. The van der Waals surface area contributed by atoms with Crippen LogP contribution in [0.15, 0.2) is 12.4 Å². The molecular weight excluding hydrogens is 609 g/mol. The Labute approximate surface area is 196 Å². The first-order valence-corrected chi connectivity index (χ1v) is 7.58. The zero-order chi connectivity index (χ0) is 27.1. The molecule has 1 atom stereocenters. The van der Waals surface area contributed by atoms with E-state index < -0.39 is 45.9 Å². The van der Waals surface area contributed by atoms with Crippen molar-refractivity contribution in [1.29, 1.82) is 0 Å². The van der Waals surface area contributed by atoms with Crippen LogP contribution >= 0.6 is 47.2 Å². The van der Waals surface area contributed by atoms with Gasteiger partial charge in [0.05, 0.1) is 0 Å². The molecule has 0 fully saturated rings. The molecule has 0 amide bonds. The third kappa shape index (κ3) is 26.2. The van der Waals surface area contributed by atoms with Crippen LogP contribution in [0.5, 0.6) is 0 Å². The minimum atomic E-state index is -5.40. The minimum Gasteiger partial charge on any atom is -0.269 e. The number of hydrogen-bond donors (Lipinski definition) is 0. The van der Waals surface area contributed by atoms with Crippen LogP contribution in [-0.2, 0) is 0 Å². The standard InChI is InChI=1S/C3H3Cl2F3.C3H3ClF4.C3H3F5.C3H2F4.ClH.FH/c3*1-2(4,5)3(6,7)8;1-2(4)3(5,6)7;;/h3*1H3;1H2;2*1H. The Balaban J connectivity index is -0.0000000723. The molecule has 0 nitrogen and oxygen atoms in total. The Morgan fingerprint density at radius 3 is 0.697 bits per heavy atom. The van der Waals surface area contributed by atoms with E-state index in [4.69, 9.17) is 0 Å². The smallest absolute Gasteiger partial charge is 0.269 e. The average Bonchev–Trinajstić information content (AvgIpc) is 2.31. The van der Waals surface area contributed by atoms with E-state index in [1.807, 2.05) is 6.58 Å². The maximum atomic E-state index is 11.5. The lowest BCUT2D eigenvalue weighted by Crippen LogP contribution is -2.32. The van der Waals surface area contributed by atoms with Gasteiger partial charge in [-0.2, -0.15) is 61.5 Å². The molecule has 0 aromatic rings. The molecule has 0 saturated heterocycles. The molecule has 0 saturated carbocycles. The van der Waals surface area contributed by atoms with Gasteiger partial charge < -0.3 is 0 Å². The highest BCUT2D eigenvalue weighted by atomic mass is 35.5. The molecule has 0 aliphatic heterocycles. The fraction of sp³-hybridized carbons (Fsp3) is 0.833. The van der Waals surface area contributed by atoms with Crippen molar-refractivity contribution in [1.82, 2.24) is 0 Å². The lowest BCUT2D eigenvalue weighted by atomic mass is 10.4. The van der Waals surface area contributed by atoms with Gasteiger partial charge in [-0.3, -0.25) is 4.70 Å². The SMILES string of the molecule is C=C(F)C(F)(F)F.CC(Cl)(Cl)C(F)(F)F.CC(F)(Cl)C(F)(F)F.CC(F)(F)C(F)(F)F.Cl.F. The molecule has 0 rings (SSSR count). The Kier molecular flexibility index (Phi) is 20.9. The van der Waals surface area contributed by atoms with E-state index >= 15 is 0 Å². The molecular formula is C12H13Cl4F17. The highest BCUT2D eigenvalue weighted by Crippen LogP contribution is 2.39. The Morgan fingerprint density at radius 2 is 0.697 bits per heavy atom. The second-order valence-electron chi connectivity index (χ2n) is 5.06. The predicted molar refractivity (Wildman–Crippen MR) is 90.3 cm³/mol. The van der Waals surface area contributed by atoms with Crippen molar-refractivity contribution in [2.45, 2.75) is 60.9 Å². The normalized spacial score (nSPS) is 14.2. The zero-order valence-electron chi connectivity index (χ0n) is 15.7. The van der Waals surface area contributed by atoms with Crippen molar-refractivity contribution in [3.8, 4) is 0 Å². The molecule has 208 valence electrons. The van der Waals surface area contributed by atoms with Crippen LogP contribution in [-0.4, -0.2) is 40.1 Å². The maximum Gasteiger partial charge on any atom is 0.452 e. The molecule has 0 heterocycles. The number of allylic oxidation sites excluding steroid dienone is 1. The van der Waals surface area contributed by atoms with E-state index in [-0.39, 0.29) is 31.0 Å². The summed E-state index contributed by atoms with van der Waals surface area (Å²) in [5, 5.41) is -3.59. The second-order valence-corrected chi connectivity index (χ2v) is 7.48. The van der Waals surface area contributed by atoms with Crippen LogP contribution in [0.25, 0.3) is 0 Å². The van der Waals surface area contributed by atoms with Crippen LogP contribution in [0, 0.1) is 0 Å². The molecule has 0 bridgehead atoms. The maximum absolute atomic E-state index is 11.5. The van der Waals surface area contributed by atoms with Gasteiger partial charge in [-0.15, -0.1) is 12.4 Å². The first-order chi connectivity index (χ1) is 12.7. The molecule has 0 aliphatic rings. The Bertz CT molecular complexity index is 418. The van der Waals surface area contributed by atoms with E-state index in [1.54, 1.807) is 0 Å². The van der Waals surface area contributed by atoms with Gasteiger partial charge in [0.1, 0.15) is 0 Å². The highest BCUT2D eigenvalue weighted by molar-refractivity contribution is 6.48. The molecule has 1 unspecified atom stereocenters. The quantitative estimate of drug-likeness (QED) is 0.187. The zero-order valence-corrected chi connectivity index (χ0v) is 18.8. The van der Waals surface area contributed by atoms with E-state index in [1.165, 1.54) is 0 Å². The molecule has 0 spiro atoms. The summed E-state index contributed by atoms with van der Waals surface area (Å²) in [6.07, 6.45) is -19.8. The van der Waals surface area contributed by atoms with Crippen LogP contribution in [0.4, 0.5) is 75.0 Å². The van der Waals surface area contributed by atoms with Crippen LogP contribution in [0.2, 0.25) is 0 Å². The van der Waals surface area contributed by atoms with Gasteiger partial charge in [-0.1, -0.05) is 41.4 Å². The van der Waals surface area contributed by atoms with Crippen LogP contribution in [0.3, 0.4) is 0 Å². The van der Waals surface area contributed by atoms with Gasteiger partial charge >= 0.3 is 30.6 Å². The molecule has 0 aromatic heterocycles. The van der Waals surface area contributed by atoms with Crippen LogP contribution < -0.4 is 0 Å². The van der Waals surface area contributed by atoms with Gasteiger partial charge in [0.15, 0.2) is 5.83 Å². The fourth-order valence-electron chi connectivity index (χ4n) is 0. The van der Waals surface area contributed by atoms with Crippen molar-refractivity contribution in [2.75, 3.05) is 0 Å². The lowest BCUT2D eigenvalue weighted by molar-refractivity contribution is -0.273. The molecule has 0 radical (unpaired) electrons. The van der Waals surface area contributed by atoms with E-state index in [0.29, 0.717) is 6.92 Å². The van der Waals surface area contributed by atoms with Crippen molar-refractivity contribution in [3.63, 3.8) is 0 Å². The van der Waals surface area contributed by atoms with Crippen molar-refractivity contribution < 1.29 is 75.0 Å². The first-order valence-electron chi connectivity index (χ1n) is 6.44. The summed E-state index contributed by atoms with van der Waals surface area (Å²) in [5.41, 5.74) is 0. The number of halogens is 21. The van der Waals surface area contributed by atoms with Gasteiger partial charge in [0.2, 0.25) is 4.33 Å². The summed E-state index contributed by atoms with van der Waals surface area (Å²) in [6.45, 7) is 2.77. The van der Waals surface area contributed by atoms with Crippen molar-refractivity contribution >= 4 is 47.2 Å². The topological polar surface area (TPSA) is 0 Å². The van der Waals surface area contributed by atoms with E-state index in [0.717, 1.165) is 0 Å². The third-order valence-electron chi connectivity index (χ3n) is 1.80. The Morgan fingerprint density at radius 1 is 0.576 bits per heavy atom. The summed E-state index contributed by atoms with van der Waals surface area (Å²) in [5.74, 6) is -6.82. The number of rotatable bonds is 0. The summed E-state index contributed by atoms with van der Waals surface area (Å²) < 4.78 is 174. The highest BCUT2D eigenvalue weighted by Gasteiger charge is 2.53. The van der Waals surface area contributed by atoms with Gasteiger partial charge in [-0.25, -0.2) is 8.78 Å². The molecule has 0 aromatic carbocycles. The van der Waals surface area contributed by atoms with E-state index in [2.05, 4.69) is 34.8 Å². The summed E-state index contributed by atoms with van der Waals surface area (Å²) >= 11 is 13.5. The molecule has 0 aliphatic carbocycles. The predicted octanol–water partition coefficient (Wildman–Crippen LogP) is 10.0. The monoisotopic (exact) mass is 620 g/mol. The van der Waals surface area contributed by atoms with Gasteiger partial charge in [0.25, 0.3) is 5.13 Å². The summed E-state index contributed by atoms with van der Waals surface area (Å²) in [4.78, 5) is 0. The van der Waals surface area contributed by atoms with Crippen molar-refractivity contribution in [2.24, 2.45) is 0 Å². The Hall–Kier alpha value is -0.290. The van der Waals surface area contributed by atoms with Crippen LogP contribution in [0.1, 0.15) is 20.8 Å². The van der Waals surface area contributed by atoms with Crippen molar-refractivity contribution in [3.05, 3.63) is 12.4 Å². The first kappa shape index (κ1) is 46.1.